The van der Waals surface area contributed by atoms with Crippen LogP contribution in [-0.2, 0) is 0 Å². The average Bonchev–Trinajstić information content (AvgIpc) is 3.29. The smallest absolute Gasteiger partial charge is 0.0536 e. The van der Waals surface area contributed by atoms with Gasteiger partial charge in [0.25, 0.3) is 0 Å². The Labute approximate surface area is 158 Å². The van der Waals surface area contributed by atoms with E-state index in [1.807, 2.05) is 56.7 Å². The zero-order valence-corrected chi connectivity index (χ0v) is 16.7. The van der Waals surface area contributed by atoms with Crippen LogP contribution < -0.4 is 0 Å². The number of aryl methyl sites for hydroxylation is 1. The maximum Gasteiger partial charge on any atom is 0.0536 e. The van der Waals surface area contributed by atoms with Gasteiger partial charge in [-0.3, -0.25) is 0 Å². The highest BCUT2D eigenvalue weighted by molar-refractivity contribution is 7.35. The highest BCUT2D eigenvalue weighted by atomic mass is 32.1. The summed E-state index contributed by atoms with van der Waals surface area (Å²) in [5.74, 6) is 0. The fourth-order valence-electron chi connectivity index (χ4n) is 3.22. The van der Waals surface area contributed by atoms with E-state index < -0.39 is 0 Å². The summed E-state index contributed by atoms with van der Waals surface area (Å²) in [5, 5.41) is 5.07. The zero-order chi connectivity index (χ0) is 15.8. The molecule has 0 atom stereocenters. The summed E-state index contributed by atoms with van der Waals surface area (Å²) >= 11 is 9.56. The van der Waals surface area contributed by atoms with E-state index in [0.29, 0.717) is 0 Å². The molecule has 0 aliphatic carbocycles. The summed E-state index contributed by atoms with van der Waals surface area (Å²) in [4.78, 5) is 4.18. The number of rotatable bonds is 1. The molecule has 0 amide bonds. The maximum atomic E-state index is 2.43. The van der Waals surface area contributed by atoms with Gasteiger partial charge in [-0.05, 0) is 48.7 Å². The summed E-state index contributed by atoms with van der Waals surface area (Å²) in [7, 11) is 0. The molecule has 5 heterocycles. The molecule has 24 heavy (non-hydrogen) atoms. The Kier molecular flexibility index (Phi) is 2.85. The van der Waals surface area contributed by atoms with Gasteiger partial charge in [0, 0.05) is 44.2 Å². The van der Waals surface area contributed by atoms with E-state index in [9.17, 15) is 0 Å². The SMILES string of the molecule is Cc1ccc(-c2cc3sc4cc5sc6ccsc6c5cc4c3s2)s1. The van der Waals surface area contributed by atoms with E-state index in [0.717, 1.165) is 0 Å². The van der Waals surface area contributed by atoms with Crippen LogP contribution in [0.25, 0.3) is 48.7 Å². The van der Waals surface area contributed by atoms with E-state index in [4.69, 9.17) is 0 Å². The lowest BCUT2D eigenvalue weighted by Gasteiger charge is -1.93. The molecular weight excluding hydrogens is 389 g/mol. The van der Waals surface area contributed by atoms with Gasteiger partial charge in [0.15, 0.2) is 0 Å². The number of thiophene rings is 5. The Morgan fingerprint density at radius 2 is 1.46 bits per heavy atom. The van der Waals surface area contributed by atoms with E-state index >= 15 is 0 Å². The molecule has 0 bridgehead atoms. The molecule has 0 fully saturated rings. The molecule has 0 aliphatic heterocycles. The summed E-state index contributed by atoms with van der Waals surface area (Å²) in [6.45, 7) is 2.18. The van der Waals surface area contributed by atoms with Gasteiger partial charge in [-0.2, -0.15) is 0 Å². The summed E-state index contributed by atoms with van der Waals surface area (Å²) < 4.78 is 8.59. The first kappa shape index (κ1) is 14.0. The number of benzene rings is 1. The van der Waals surface area contributed by atoms with Gasteiger partial charge in [0.2, 0.25) is 0 Å². The van der Waals surface area contributed by atoms with Crippen LogP contribution in [0.3, 0.4) is 0 Å². The molecule has 6 rings (SSSR count). The van der Waals surface area contributed by atoms with E-state index in [-0.39, 0.29) is 0 Å². The molecule has 0 saturated heterocycles. The molecule has 0 nitrogen and oxygen atoms in total. The lowest BCUT2D eigenvalue weighted by molar-refractivity contribution is 1.64. The first-order chi connectivity index (χ1) is 11.8. The standard InChI is InChI=1S/C19H10S5/c1-9-2-3-12(21-9)16-8-17-19(24-16)11-6-10-14(7-15(11)23-17)22-13-4-5-20-18(10)13/h2-8H,1H3. The predicted molar refractivity (Wildman–Crippen MR) is 116 cm³/mol. The quantitative estimate of drug-likeness (QED) is 0.260. The lowest BCUT2D eigenvalue weighted by atomic mass is 10.2. The monoisotopic (exact) mass is 398 g/mol. The Bertz CT molecular complexity index is 1360. The van der Waals surface area contributed by atoms with Gasteiger partial charge in [-0.15, -0.1) is 56.7 Å². The molecule has 116 valence electrons. The van der Waals surface area contributed by atoms with E-state index in [1.54, 1.807) is 0 Å². The first-order valence-corrected chi connectivity index (χ1v) is 11.7. The van der Waals surface area contributed by atoms with Crippen molar-refractivity contribution in [1.29, 1.82) is 0 Å². The normalized spacial score (nSPS) is 12.4. The number of hydrogen-bond acceptors (Lipinski definition) is 5. The van der Waals surface area contributed by atoms with Gasteiger partial charge in [0.05, 0.1) is 9.40 Å². The molecule has 0 aliphatic rings. The summed E-state index contributed by atoms with van der Waals surface area (Å²) in [6, 6.07) is 13.9. The fourth-order valence-corrected chi connectivity index (χ4v) is 9.05. The molecule has 0 spiro atoms. The molecule has 0 N–H and O–H groups in total. The summed E-state index contributed by atoms with van der Waals surface area (Å²) in [6.07, 6.45) is 0. The molecule has 0 radical (unpaired) electrons. The minimum atomic E-state index is 1.38. The second kappa shape index (κ2) is 4.90. The van der Waals surface area contributed by atoms with Crippen molar-refractivity contribution in [2.75, 3.05) is 0 Å². The van der Waals surface area contributed by atoms with Gasteiger partial charge < -0.3 is 0 Å². The van der Waals surface area contributed by atoms with Crippen molar-refractivity contribution in [3.05, 3.63) is 46.7 Å². The Hall–Kier alpha value is -1.24. The van der Waals surface area contributed by atoms with Gasteiger partial charge in [0.1, 0.15) is 0 Å². The van der Waals surface area contributed by atoms with Crippen LogP contribution in [0.2, 0.25) is 0 Å². The molecule has 5 heteroatoms. The Morgan fingerprint density at radius 3 is 2.29 bits per heavy atom. The fraction of sp³-hybridized carbons (Fsp3) is 0.0526. The Balaban J connectivity index is 1.68. The minimum absolute atomic E-state index is 1.38. The predicted octanol–water partition coefficient (Wildman–Crippen LogP) is 8.58. The van der Waals surface area contributed by atoms with Crippen molar-refractivity contribution < 1.29 is 0 Å². The van der Waals surface area contributed by atoms with Crippen LogP contribution in [0.1, 0.15) is 4.88 Å². The van der Waals surface area contributed by atoms with Crippen LogP contribution in [0.4, 0.5) is 0 Å². The third kappa shape index (κ3) is 1.87. The average molecular weight is 399 g/mol. The van der Waals surface area contributed by atoms with Crippen LogP contribution in [-0.4, -0.2) is 0 Å². The highest BCUT2D eigenvalue weighted by Crippen LogP contribution is 2.47. The van der Waals surface area contributed by atoms with Crippen LogP contribution in [0.15, 0.2) is 41.8 Å². The van der Waals surface area contributed by atoms with Crippen LogP contribution >= 0.6 is 56.7 Å². The van der Waals surface area contributed by atoms with Crippen molar-refractivity contribution in [3.8, 4) is 9.75 Å². The second-order valence-electron chi connectivity index (χ2n) is 5.88. The highest BCUT2D eigenvalue weighted by Gasteiger charge is 2.15. The van der Waals surface area contributed by atoms with E-state index in [2.05, 4.69) is 48.7 Å². The van der Waals surface area contributed by atoms with Crippen LogP contribution in [0.5, 0.6) is 0 Å². The molecule has 5 aromatic heterocycles. The summed E-state index contributed by atoms with van der Waals surface area (Å²) in [5.41, 5.74) is 0. The maximum absolute atomic E-state index is 2.43. The van der Waals surface area contributed by atoms with Crippen molar-refractivity contribution in [2.45, 2.75) is 6.92 Å². The number of fused-ring (bicyclic) bond motifs is 6. The number of hydrogen-bond donors (Lipinski definition) is 0. The van der Waals surface area contributed by atoms with Gasteiger partial charge >= 0.3 is 0 Å². The van der Waals surface area contributed by atoms with Crippen molar-refractivity contribution in [1.82, 2.24) is 0 Å². The molecule has 0 unspecified atom stereocenters. The largest absolute Gasteiger partial charge is 0.142 e. The van der Waals surface area contributed by atoms with Gasteiger partial charge in [-0.1, -0.05) is 0 Å². The lowest BCUT2D eigenvalue weighted by Crippen LogP contribution is -1.64. The zero-order valence-electron chi connectivity index (χ0n) is 12.6. The minimum Gasteiger partial charge on any atom is -0.142 e. The third-order valence-corrected chi connectivity index (χ3v) is 10.1. The van der Waals surface area contributed by atoms with Crippen LogP contribution in [0, 0.1) is 6.92 Å². The third-order valence-electron chi connectivity index (χ3n) is 4.32. The molecular formula is C19H10S5. The molecule has 0 saturated carbocycles. The van der Waals surface area contributed by atoms with Crippen molar-refractivity contribution >= 4 is 95.7 Å². The molecule has 1 aromatic carbocycles. The van der Waals surface area contributed by atoms with Crippen molar-refractivity contribution in [2.24, 2.45) is 0 Å². The van der Waals surface area contributed by atoms with Crippen molar-refractivity contribution in [3.63, 3.8) is 0 Å². The van der Waals surface area contributed by atoms with Gasteiger partial charge in [-0.25, -0.2) is 0 Å². The second-order valence-corrected chi connectivity index (χ2v) is 11.3. The topological polar surface area (TPSA) is 0 Å². The van der Waals surface area contributed by atoms with E-state index in [1.165, 1.54) is 53.6 Å². The first-order valence-electron chi connectivity index (χ1n) is 7.59. The molecule has 6 aromatic rings. The Morgan fingerprint density at radius 1 is 0.625 bits per heavy atom.